The fourth-order valence-electron chi connectivity index (χ4n) is 6.17. The van der Waals surface area contributed by atoms with Gasteiger partial charge in [-0.05, 0) is 63.5 Å². The number of piperidine rings is 1. The SMILES string of the molecule is C=CCOC(=O)N1c2cc(OCCCC(=O)Nc3cn(C)c(C(C)=O)n3)c(C)cc2C(=O)N2CCCC[C@H]2C1OC1CCCCO1. The summed E-state index contributed by atoms with van der Waals surface area (Å²) in [6.07, 6.45) is 6.61. The number of aryl methyl sites for hydroxylation is 2. The molecule has 0 spiro atoms. The van der Waals surface area contributed by atoms with Crippen molar-refractivity contribution in [3.8, 4) is 5.75 Å². The highest BCUT2D eigenvalue weighted by atomic mass is 16.7. The van der Waals surface area contributed by atoms with Crippen LogP contribution in [0.3, 0.4) is 0 Å². The minimum absolute atomic E-state index is 0.00844. The van der Waals surface area contributed by atoms with Gasteiger partial charge in [0.25, 0.3) is 5.91 Å². The first kappa shape index (κ1) is 33.1. The third kappa shape index (κ3) is 7.42. The summed E-state index contributed by atoms with van der Waals surface area (Å²) in [4.78, 5) is 59.4. The van der Waals surface area contributed by atoms with Gasteiger partial charge in [-0.2, -0.15) is 0 Å². The summed E-state index contributed by atoms with van der Waals surface area (Å²) in [5, 5.41) is 2.71. The van der Waals surface area contributed by atoms with Crippen LogP contribution in [0.2, 0.25) is 0 Å². The highest BCUT2D eigenvalue weighted by Crippen LogP contribution is 2.40. The average molecular weight is 638 g/mol. The molecule has 0 saturated carbocycles. The Bertz CT molecular complexity index is 1470. The van der Waals surface area contributed by atoms with Gasteiger partial charge in [0, 0.05) is 45.8 Å². The van der Waals surface area contributed by atoms with Crippen molar-refractivity contribution in [2.24, 2.45) is 7.05 Å². The van der Waals surface area contributed by atoms with E-state index in [-0.39, 0.29) is 49.1 Å². The van der Waals surface area contributed by atoms with Gasteiger partial charge in [-0.15, -0.1) is 0 Å². The minimum Gasteiger partial charge on any atom is -0.493 e. The largest absolute Gasteiger partial charge is 0.493 e. The molecule has 0 radical (unpaired) electrons. The molecular formula is C33H43N5O8. The molecule has 1 aromatic heterocycles. The van der Waals surface area contributed by atoms with Gasteiger partial charge in [-0.3, -0.25) is 14.4 Å². The fourth-order valence-corrected chi connectivity index (χ4v) is 6.17. The molecule has 0 aliphatic carbocycles. The Labute approximate surface area is 268 Å². The quantitative estimate of drug-likeness (QED) is 0.210. The van der Waals surface area contributed by atoms with E-state index in [1.165, 1.54) is 17.9 Å². The van der Waals surface area contributed by atoms with Crippen LogP contribution in [0.15, 0.2) is 31.0 Å². The molecule has 0 bridgehead atoms. The molecule has 3 aliphatic heterocycles. The van der Waals surface area contributed by atoms with Crippen LogP contribution in [0.25, 0.3) is 0 Å². The van der Waals surface area contributed by atoms with Gasteiger partial charge < -0.3 is 33.7 Å². The fraction of sp³-hybridized carbons (Fsp3) is 0.545. The van der Waals surface area contributed by atoms with E-state index in [0.717, 1.165) is 25.7 Å². The highest BCUT2D eigenvalue weighted by Gasteiger charge is 2.46. The Balaban J connectivity index is 1.37. The number of amides is 3. The number of hydrogen-bond acceptors (Lipinski definition) is 9. The molecule has 46 heavy (non-hydrogen) atoms. The number of carbonyl (C=O) groups is 4. The number of aromatic nitrogens is 2. The normalized spacial score (nSPS) is 21.1. The van der Waals surface area contributed by atoms with Crippen molar-refractivity contribution in [1.29, 1.82) is 0 Å². The molecule has 3 atom stereocenters. The molecule has 13 nitrogen and oxygen atoms in total. The van der Waals surface area contributed by atoms with Crippen molar-refractivity contribution in [2.75, 3.05) is 36.6 Å². The van der Waals surface area contributed by atoms with Crippen LogP contribution >= 0.6 is 0 Å². The Morgan fingerprint density at radius 2 is 1.98 bits per heavy atom. The standard InChI is InChI=1S/C33H43N5O8/c1-5-15-45-33(42)38-25-19-26(43-17-10-12-28(40)34-27-20-36(4)30(35-27)22(3)39)21(2)18-23(25)31(41)37-14-8-6-11-24(37)32(38)46-29-13-7-9-16-44-29/h5,18-20,24,29,32H,1,6-17H2,2-4H3,(H,34,40)/t24-,29?,32?/m0/s1. The molecule has 1 aromatic carbocycles. The summed E-state index contributed by atoms with van der Waals surface area (Å²) < 4.78 is 25.7. The van der Waals surface area contributed by atoms with E-state index in [1.807, 2.05) is 11.8 Å². The molecule has 248 valence electrons. The number of carbonyl (C=O) groups excluding carboxylic acids is 4. The van der Waals surface area contributed by atoms with Gasteiger partial charge >= 0.3 is 6.09 Å². The summed E-state index contributed by atoms with van der Waals surface area (Å²) in [7, 11) is 1.69. The number of imidazole rings is 1. The molecule has 2 aromatic rings. The predicted molar refractivity (Wildman–Crippen MR) is 169 cm³/mol. The van der Waals surface area contributed by atoms with Crippen molar-refractivity contribution >= 4 is 35.2 Å². The number of nitrogens with one attached hydrogen (secondary N) is 1. The lowest BCUT2D eigenvalue weighted by Crippen LogP contribution is -2.57. The zero-order valence-corrected chi connectivity index (χ0v) is 26.8. The number of fused-ring (bicyclic) bond motifs is 2. The molecule has 3 amide bonds. The first-order valence-electron chi connectivity index (χ1n) is 15.9. The Kier molecular flexibility index (Phi) is 10.7. The van der Waals surface area contributed by atoms with Crippen LogP contribution in [-0.4, -0.2) is 83.1 Å². The van der Waals surface area contributed by atoms with Crippen LogP contribution in [0.4, 0.5) is 16.3 Å². The molecule has 2 saturated heterocycles. The van der Waals surface area contributed by atoms with Gasteiger partial charge in [0.2, 0.25) is 5.91 Å². The van der Waals surface area contributed by atoms with Crippen LogP contribution in [0.5, 0.6) is 5.75 Å². The van der Waals surface area contributed by atoms with E-state index < -0.39 is 18.6 Å². The van der Waals surface area contributed by atoms with Crippen molar-refractivity contribution in [1.82, 2.24) is 14.5 Å². The van der Waals surface area contributed by atoms with Gasteiger partial charge in [0.05, 0.1) is 23.9 Å². The smallest absolute Gasteiger partial charge is 0.416 e. The van der Waals surface area contributed by atoms with Crippen molar-refractivity contribution in [3.63, 3.8) is 0 Å². The van der Waals surface area contributed by atoms with Crippen LogP contribution in [0, 0.1) is 6.92 Å². The van der Waals surface area contributed by atoms with Crippen LogP contribution in [-0.2, 0) is 26.1 Å². The number of rotatable bonds is 11. The zero-order valence-electron chi connectivity index (χ0n) is 26.8. The van der Waals surface area contributed by atoms with Crippen LogP contribution in [0.1, 0.15) is 84.8 Å². The third-order valence-corrected chi connectivity index (χ3v) is 8.39. The second-order valence-electron chi connectivity index (χ2n) is 11.9. The maximum Gasteiger partial charge on any atom is 0.416 e. The van der Waals surface area contributed by atoms with Gasteiger partial charge in [-0.1, -0.05) is 12.7 Å². The second-order valence-corrected chi connectivity index (χ2v) is 11.9. The van der Waals surface area contributed by atoms with Crippen LogP contribution < -0.4 is 15.0 Å². The lowest BCUT2D eigenvalue weighted by Gasteiger charge is -2.42. The number of anilines is 2. The maximum atomic E-state index is 14.0. The minimum atomic E-state index is -0.833. The summed E-state index contributed by atoms with van der Waals surface area (Å²) in [6, 6.07) is 3.04. The second kappa shape index (κ2) is 14.9. The number of hydrogen-bond donors (Lipinski definition) is 1. The summed E-state index contributed by atoms with van der Waals surface area (Å²) in [6.45, 7) is 8.24. The lowest BCUT2D eigenvalue weighted by atomic mass is 10.00. The number of Topliss-reactive ketones (excluding diaryl/α,β-unsaturated/α-hetero) is 1. The highest BCUT2D eigenvalue weighted by molar-refractivity contribution is 6.05. The lowest BCUT2D eigenvalue weighted by molar-refractivity contribution is -0.198. The third-order valence-electron chi connectivity index (χ3n) is 8.39. The van der Waals surface area contributed by atoms with E-state index >= 15 is 0 Å². The summed E-state index contributed by atoms with van der Waals surface area (Å²) in [5.41, 5.74) is 1.41. The molecule has 5 rings (SSSR count). The topological polar surface area (TPSA) is 142 Å². The van der Waals surface area contributed by atoms with E-state index in [0.29, 0.717) is 60.8 Å². The monoisotopic (exact) mass is 637 g/mol. The summed E-state index contributed by atoms with van der Waals surface area (Å²) >= 11 is 0. The predicted octanol–water partition coefficient (Wildman–Crippen LogP) is 4.74. The number of nitrogens with zero attached hydrogens (tertiary/aromatic N) is 4. The van der Waals surface area contributed by atoms with E-state index in [2.05, 4.69) is 16.9 Å². The zero-order chi connectivity index (χ0) is 32.8. The molecule has 13 heteroatoms. The van der Waals surface area contributed by atoms with E-state index in [9.17, 15) is 19.2 Å². The Morgan fingerprint density at radius 3 is 2.70 bits per heavy atom. The van der Waals surface area contributed by atoms with Gasteiger partial charge in [0.1, 0.15) is 12.4 Å². The van der Waals surface area contributed by atoms with Crippen molar-refractivity contribution < 1.29 is 38.1 Å². The van der Waals surface area contributed by atoms with Gasteiger partial charge in [-0.25, -0.2) is 14.7 Å². The van der Waals surface area contributed by atoms with Crippen molar-refractivity contribution in [2.45, 2.75) is 83.8 Å². The number of ketones is 1. The molecule has 2 unspecified atom stereocenters. The molecular weight excluding hydrogens is 594 g/mol. The Morgan fingerprint density at radius 1 is 1.17 bits per heavy atom. The van der Waals surface area contributed by atoms with Gasteiger partial charge in [0.15, 0.2) is 29.9 Å². The maximum absolute atomic E-state index is 14.0. The molecule has 4 heterocycles. The van der Waals surface area contributed by atoms with Crippen molar-refractivity contribution in [3.05, 3.63) is 47.9 Å². The van der Waals surface area contributed by atoms with E-state index in [1.54, 1.807) is 29.9 Å². The van der Waals surface area contributed by atoms with E-state index in [4.69, 9.17) is 18.9 Å². The number of ether oxygens (including phenoxy) is 4. The summed E-state index contributed by atoms with van der Waals surface area (Å²) in [5.74, 6) is 0.396. The first-order valence-corrected chi connectivity index (χ1v) is 15.9. The molecule has 1 N–H and O–H groups in total. The average Bonchev–Trinajstić information content (AvgIpc) is 3.38. The first-order chi connectivity index (χ1) is 22.2. The Hall–Kier alpha value is -4.23. The molecule has 2 fully saturated rings. The molecule has 3 aliphatic rings. The number of benzene rings is 1.